The SMILES string of the molecule is CCC[C@@H](C)C1=CC=C(I)[C@H](N)C1. The lowest BCUT2D eigenvalue weighted by molar-refractivity contribution is 0.563. The maximum absolute atomic E-state index is 5.99. The molecule has 0 aliphatic heterocycles. The molecule has 2 N–H and O–H groups in total. The number of hydrogen-bond acceptors (Lipinski definition) is 1. The average molecular weight is 291 g/mol. The lowest BCUT2D eigenvalue weighted by Gasteiger charge is -2.22. The first-order chi connectivity index (χ1) is 6.15. The maximum Gasteiger partial charge on any atom is 0.0390 e. The van der Waals surface area contributed by atoms with Gasteiger partial charge in [0.25, 0.3) is 0 Å². The first-order valence-corrected chi connectivity index (χ1v) is 6.04. The summed E-state index contributed by atoms with van der Waals surface area (Å²) in [6.45, 7) is 4.54. The molecular weight excluding hydrogens is 273 g/mol. The molecule has 0 aromatic heterocycles. The molecule has 74 valence electrons. The van der Waals surface area contributed by atoms with Gasteiger partial charge in [-0.2, -0.15) is 0 Å². The highest BCUT2D eigenvalue weighted by molar-refractivity contribution is 14.1. The number of rotatable bonds is 3. The van der Waals surface area contributed by atoms with E-state index in [1.165, 1.54) is 22.0 Å². The van der Waals surface area contributed by atoms with Crippen molar-refractivity contribution >= 4 is 22.6 Å². The molecular formula is C11H18IN. The Kier molecular flexibility index (Phi) is 4.46. The average Bonchev–Trinajstić information content (AvgIpc) is 2.10. The van der Waals surface area contributed by atoms with Crippen molar-refractivity contribution in [1.82, 2.24) is 0 Å². The lowest BCUT2D eigenvalue weighted by atomic mass is 9.88. The highest BCUT2D eigenvalue weighted by atomic mass is 127. The summed E-state index contributed by atoms with van der Waals surface area (Å²) in [5.74, 6) is 0.705. The summed E-state index contributed by atoms with van der Waals surface area (Å²) < 4.78 is 1.28. The highest BCUT2D eigenvalue weighted by Gasteiger charge is 2.16. The van der Waals surface area contributed by atoms with Crippen molar-refractivity contribution in [3.63, 3.8) is 0 Å². The van der Waals surface area contributed by atoms with Crippen LogP contribution in [0.2, 0.25) is 0 Å². The summed E-state index contributed by atoms with van der Waals surface area (Å²) in [5.41, 5.74) is 7.51. The predicted molar refractivity (Wildman–Crippen MR) is 66.9 cm³/mol. The third kappa shape index (κ3) is 3.09. The van der Waals surface area contributed by atoms with Crippen LogP contribution in [0.15, 0.2) is 21.3 Å². The summed E-state index contributed by atoms with van der Waals surface area (Å²) in [5, 5.41) is 0. The number of nitrogens with two attached hydrogens (primary N) is 1. The second kappa shape index (κ2) is 5.15. The molecule has 0 radical (unpaired) electrons. The van der Waals surface area contributed by atoms with Gasteiger partial charge in [0, 0.05) is 9.62 Å². The van der Waals surface area contributed by atoms with Gasteiger partial charge in [-0.15, -0.1) is 0 Å². The van der Waals surface area contributed by atoms with Crippen molar-refractivity contribution in [2.24, 2.45) is 11.7 Å². The fourth-order valence-electron chi connectivity index (χ4n) is 1.71. The molecule has 0 aromatic carbocycles. The van der Waals surface area contributed by atoms with Gasteiger partial charge in [0.05, 0.1) is 0 Å². The third-order valence-electron chi connectivity index (χ3n) is 2.62. The van der Waals surface area contributed by atoms with E-state index in [1.54, 1.807) is 0 Å². The van der Waals surface area contributed by atoms with E-state index in [-0.39, 0.29) is 6.04 Å². The van der Waals surface area contributed by atoms with Crippen LogP contribution < -0.4 is 5.73 Å². The van der Waals surface area contributed by atoms with Gasteiger partial charge in [-0.25, -0.2) is 0 Å². The smallest absolute Gasteiger partial charge is 0.0390 e. The Labute approximate surface area is 94.6 Å². The molecule has 0 saturated heterocycles. The fourth-order valence-corrected chi connectivity index (χ4v) is 2.11. The van der Waals surface area contributed by atoms with E-state index in [0.717, 1.165) is 6.42 Å². The maximum atomic E-state index is 5.99. The summed E-state index contributed by atoms with van der Waals surface area (Å²) >= 11 is 2.33. The molecule has 1 rings (SSSR count). The van der Waals surface area contributed by atoms with Crippen LogP contribution in [0, 0.1) is 5.92 Å². The van der Waals surface area contributed by atoms with Gasteiger partial charge in [0.1, 0.15) is 0 Å². The zero-order valence-corrected chi connectivity index (χ0v) is 10.5. The monoisotopic (exact) mass is 291 g/mol. The second-order valence-corrected chi connectivity index (χ2v) is 5.04. The van der Waals surface area contributed by atoms with Gasteiger partial charge in [0.2, 0.25) is 0 Å². The minimum atomic E-state index is 0.250. The Morgan fingerprint density at radius 3 is 2.85 bits per heavy atom. The lowest BCUT2D eigenvalue weighted by Crippen LogP contribution is -2.24. The van der Waals surface area contributed by atoms with Crippen LogP contribution in [0.25, 0.3) is 0 Å². The molecule has 1 aliphatic carbocycles. The Morgan fingerprint density at radius 2 is 2.31 bits per heavy atom. The van der Waals surface area contributed by atoms with Crippen molar-refractivity contribution in [2.75, 3.05) is 0 Å². The first kappa shape index (κ1) is 11.2. The van der Waals surface area contributed by atoms with Crippen LogP contribution in [-0.2, 0) is 0 Å². The molecule has 0 bridgehead atoms. The van der Waals surface area contributed by atoms with E-state index in [2.05, 4.69) is 48.6 Å². The third-order valence-corrected chi connectivity index (χ3v) is 3.78. The van der Waals surface area contributed by atoms with E-state index in [0.29, 0.717) is 5.92 Å². The number of halogens is 1. The zero-order chi connectivity index (χ0) is 9.84. The standard InChI is InChI=1S/C11H18IN/c1-3-4-8(2)9-5-6-10(12)11(13)7-9/h5-6,8,11H,3-4,7,13H2,1-2H3/t8-,11-/m1/s1. The van der Waals surface area contributed by atoms with Crippen molar-refractivity contribution in [1.29, 1.82) is 0 Å². The Balaban J connectivity index is 2.62. The molecule has 1 nitrogen and oxygen atoms in total. The van der Waals surface area contributed by atoms with Crippen molar-refractivity contribution in [3.05, 3.63) is 21.3 Å². The Morgan fingerprint density at radius 1 is 1.62 bits per heavy atom. The largest absolute Gasteiger partial charge is 0.323 e. The van der Waals surface area contributed by atoms with Crippen LogP contribution >= 0.6 is 22.6 Å². The molecule has 1 aliphatic rings. The van der Waals surface area contributed by atoms with Crippen LogP contribution in [0.5, 0.6) is 0 Å². The van der Waals surface area contributed by atoms with E-state index < -0.39 is 0 Å². The van der Waals surface area contributed by atoms with Gasteiger partial charge in [0.15, 0.2) is 0 Å². The molecule has 13 heavy (non-hydrogen) atoms. The topological polar surface area (TPSA) is 26.0 Å². The predicted octanol–water partition coefficient (Wildman–Crippen LogP) is 3.40. The van der Waals surface area contributed by atoms with Crippen molar-refractivity contribution < 1.29 is 0 Å². The van der Waals surface area contributed by atoms with Crippen molar-refractivity contribution in [3.8, 4) is 0 Å². The fraction of sp³-hybridized carbons (Fsp3) is 0.636. The summed E-state index contributed by atoms with van der Waals surface area (Å²) in [7, 11) is 0. The summed E-state index contributed by atoms with van der Waals surface area (Å²) in [4.78, 5) is 0. The molecule has 0 saturated carbocycles. The zero-order valence-electron chi connectivity index (χ0n) is 8.39. The van der Waals surface area contributed by atoms with Gasteiger partial charge < -0.3 is 5.73 Å². The van der Waals surface area contributed by atoms with Crippen LogP contribution in [-0.4, -0.2) is 6.04 Å². The van der Waals surface area contributed by atoms with Gasteiger partial charge in [-0.3, -0.25) is 0 Å². The van der Waals surface area contributed by atoms with Gasteiger partial charge in [-0.1, -0.05) is 38.0 Å². The first-order valence-electron chi connectivity index (χ1n) is 4.96. The van der Waals surface area contributed by atoms with Gasteiger partial charge >= 0.3 is 0 Å². The Hall–Kier alpha value is 0.170. The minimum Gasteiger partial charge on any atom is -0.323 e. The molecule has 0 aromatic rings. The van der Waals surface area contributed by atoms with Crippen molar-refractivity contribution in [2.45, 2.75) is 39.2 Å². The molecule has 0 spiro atoms. The van der Waals surface area contributed by atoms with Crippen LogP contribution in [0.3, 0.4) is 0 Å². The molecule has 0 fully saturated rings. The number of allylic oxidation sites excluding steroid dienone is 2. The van der Waals surface area contributed by atoms with E-state index in [1.807, 2.05) is 0 Å². The highest BCUT2D eigenvalue weighted by Crippen LogP contribution is 2.28. The normalized spacial score (nSPS) is 25.1. The molecule has 2 atom stereocenters. The molecule has 2 heteroatoms. The van der Waals surface area contributed by atoms with Crippen LogP contribution in [0.4, 0.5) is 0 Å². The Bertz CT molecular complexity index is 230. The summed E-state index contributed by atoms with van der Waals surface area (Å²) in [6, 6.07) is 0.250. The van der Waals surface area contributed by atoms with Gasteiger partial charge in [-0.05, 0) is 41.4 Å². The molecule has 0 unspecified atom stereocenters. The van der Waals surface area contributed by atoms with Crippen LogP contribution in [0.1, 0.15) is 33.1 Å². The quantitative estimate of drug-likeness (QED) is 0.792. The van der Waals surface area contributed by atoms with E-state index >= 15 is 0 Å². The van der Waals surface area contributed by atoms with E-state index in [9.17, 15) is 0 Å². The molecule has 0 amide bonds. The number of hydrogen-bond donors (Lipinski definition) is 1. The second-order valence-electron chi connectivity index (χ2n) is 3.79. The molecule has 0 heterocycles. The summed E-state index contributed by atoms with van der Waals surface area (Å²) in [6.07, 6.45) is 8.01. The van der Waals surface area contributed by atoms with E-state index in [4.69, 9.17) is 5.73 Å². The minimum absolute atomic E-state index is 0.250.